The van der Waals surface area contributed by atoms with Gasteiger partial charge in [-0.1, -0.05) is 29.8 Å². The van der Waals surface area contributed by atoms with Crippen molar-refractivity contribution in [1.29, 1.82) is 0 Å². The van der Waals surface area contributed by atoms with Crippen LogP contribution in [0.3, 0.4) is 0 Å². The summed E-state index contributed by atoms with van der Waals surface area (Å²) in [6.45, 7) is 3.56. The molecule has 1 aromatic carbocycles. The van der Waals surface area contributed by atoms with E-state index in [1.54, 1.807) is 0 Å². The second-order valence-electron chi connectivity index (χ2n) is 5.92. The summed E-state index contributed by atoms with van der Waals surface area (Å²) in [4.78, 5) is 14.0. The highest BCUT2D eigenvalue weighted by molar-refractivity contribution is 5.80. The highest BCUT2D eigenvalue weighted by atomic mass is 16.2. The number of hydrogen-bond acceptors (Lipinski definition) is 2. The summed E-state index contributed by atoms with van der Waals surface area (Å²) in [5.74, 6) is 0.876. The van der Waals surface area contributed by atoms with Crippen LogP contribution in [0, 0.1) is 12.8 Å². The van der Waals surface area contributed by atoms with Gasteiger partial charge >= 0.3 is 0 Å². The van der Waals surface area contributed by atoms with Gasteiger partial charge in [-0.2, -0.15) is 0 Å². The summed E-state index contributed by atoms with van der Waals surface area (Å²) in [6.07, 6.45) is 2.99. The number of hydrogen-bond donors (Lipinski definition) is 1. The van der Waals surface area contributed by atoms with Crippen LogP contribution in [0.5, 0.6) is 0 Å². The van der Waals surface area contributed by atoms with Crippen molar-refractivity contribution in [3.8, 4) is 0 Å². The van der Waals surface area contributed by atoms with Gasteiger partial charge in [0.1, 0.15) is 0 Å². The highest BCUT2D eigenvalue weighted by Gasteiger charge is 2.51. The molecule has 1 amide bonds. The third-order valence-electron chi connectivity index (χ3n) is 4.19. The lowest BCUT2D eigenvalue weighted by molar-refractivity contribution is -0.138. The van der Waals surface area contributed by atoms with Crippen molar-refractivity contribution in [2.24, 2.45) is 11.7 Å². The monoisotopic (exact) mass is 244 g/mol. The SMILES string of the molecule is Cc1ccc(CC(=O)N2CC(N)(C3CC3)C2)cc1. The zero-order valence-corrected chi connectivity index (χ0v) is 10.9. The number of amides is 1. The zero-order chi connectivity index (χ0) is 12.8. The molecule has 2 N–H and O–H groups in total. The molecule has 96 valence electrons. The van der Waals surface area contributed by atoms with E-state index in [9.17, 15) is 4.79 Å². The van der Waals surface area contributed by atoms with Crippen molar-refractivity contribution in [2.75, 3.05) is 13.1 Å². The van der Waals surface area contributed by atoms with Crippen LogP contribution in [0.15, 0.2) is 24.3 Å². The Hall–Kier alpha value is -1.35. The molecule has 0 bridgehead atoms. The smallest absolute Gasteiger partial charge is 0.227 e. The second-order valence-corrected chi connectivity index (χ2v) is 5.92. The number of carbonyl (C=O) groups excluding carboxylic acids is 1. The van der Waals surface area contributed by atoms with Gasteiger partial charge in [0, 0.05) is 13.1 Å². The maximum atomic E-state index is 12.1. The Bertz CT molecular complexity index is 456. The van der Waals surface area contributed by atoms with Crippen molar-refractivity contribution >= 4 is 5.91 Å². The van der Waals surface area contributed by atoms with Gasteiger partial charge in [0.2, 0.25) is 5.91 Å². The minimum Gasteiger partial charge on any atom is -0.339 e. The molecule has 1 saturated carbocycles. The van der Waals surface area contributed by atoms with Crippen LogP contribution in [-0.2, 0) is 11.2 Å². The molecule has 1 aliphatic heterocycles. The van der Waals surface area contributed by atoms with Crippen LogP contribution in [0.4, 0.5) is 0 Å². The minimum atomic E-state index is -0.0665. The van der Waals surface area contributed by atoms with Crippen molar-refractivity contribution in [2.45, 2.75) is 31.7 Å². The predicted octanol–water partition coefficient (Wildman–Crippen LogP) is 1.49. The van der Waals surface area contributed by atoms with Gasteiger partial charge in [-0.3, -0.25) is 4.79 Å². The Morgan fingerprint density at radius 1 is 1.33 bits per heavy atom. The molecular formula is C15H20N2O. The van der Waals surface area contributed by atoms with Crippen LogP contribution < -0.4 is 5.73 Å². The number of carbonyl (C=O) groups is 1. The van der Waals surface area contributed by atoms with E-state index in [0.717, 1.165) is 18.7 Å². The normalized spacial score (nSPS) is 21.6. The fraction of sp³-hybridized carbons (Fsp3) is 0.533. The average Bonchev–Trinajstić information content (AvgIpc) is 3.12. The first kappa shape index (κ1) is 11.7. The minimum absolute atomic E-state index is 0.0665. The van der Waals surface area contributed by atoms with E-state index in [0.29, 0.717) is 12.3 Å². The van der Waals surface area contributed by atoms with E-state index in [2.05, 4.69) is 19.1 Å². The predicted molar refractivity (Wildman–Crippen MR) is 71.1 cm³/mol. The first-order valence-corrected chi connectivity index (χ1v) is 6.69. The van der Waals surface area contributed by atoms with E-state index in [-0.39, 0.29) is 11.4 Å². The van der Waals surface area contributed by atoms with Crippen LogP contribution in [0.2, 0.25) is 0 Å². The molecule has 1 aromatic rings. The molecule has 2 fully saturated rings. The highest BCUT2D eigenvalue weighted by Crippen LogP contribution is 2.42. The maximum absolute atomic E-state index is 12.1. The molecule has 18 heavy (non-hydrogen) atoms. The molecule has 0 spiro atoms. The Labute approximate surface area is 108 Å². The molecule has 0 unspecified atom stereocenters. The van der Waals surface area contributed by atoms with Crippen LogP contribution in [-0.4, -0.2) is 29.4 Å². The van der Waals surface area contributed by atoms with Crippen LogP contribution in [0.25, 0.3) is 0 Å². The number of rotatable bonds is 3. The molecule has 3 nitrogen and oxygen atoms in total. The summed E-state index contributed by atoms with van der Waals surface area (Å²) in [6, 6.07) is 8.17. The first-order chi connectivity index (χ1) is 8.57. The van der Waals surface area contributed by atoms with Crippen molar-refractivity contribution < 1.29 is 4.79 Å². The van der Waals surface area contributed by atoms with Gasteiger partial charge in [0.15, 0.2) is 0 Å². The van der Waals surface area contributed by atoms with E-state index < -0.39 is 0 Å². The standard InChI is InChI=1S/C15H20N2O/c1-11-2-4-12(5-3-11)8-14(18)17-9-15(16,10-17)13-6-7-13/h2-5,13H,6-10,16H2,1H3. The number of nitrogens with zero attached hydrogens (tertiary/aromatic N) is 1. The fourth-order valence-electron chi connectivity index (χ4n) is 2.75. The number of nitrogens with two attached hydrogens (primary N) is 1. The van der Waals surface area contributed by atoms with Gasteiger partial charge < -0.3 is 10.6 Å². The molecule has 1 heterocycles. The summed E-state index contributed by atoms with van der Waals surface area (Å²) < 4.78 is 0. The number of benzene rings is 1. The Kier molecular flexibility index (Phi) is 2.67. The van der Waals surface area contributed by atoms with Gasteiger partial charge in [0.25, 0.3) is 0 Å². The summed E-state index contributed by atoms with van der Waals surface area (Å²) >= 11 is 0. The molecule has 1 aliphatic carbocycles. The third kappa shape index (κ3) is 2.15. The fourth-order valence-corrected chi connectivity index (χ4v) is 2.75. The summed E-state index contributed by atoms with van der Waals surface area (Å²) in [5.41, 5.74) is 8.51. The lowest BCUT2D eigenvalue weighted by Gasteiger charge is -2.48. The number of aryl methyl sites for hydroxylation is 1. The van der Waals surface area contributed by atoms with Gasteiger partial charge in [-0.05, 0) is 31.2 Å². The van der Waals surface area contributed by atoms with E-state index in [1.807, 2.05) is 17.0 Å². The Balaban J connectivity index is 1.55. The van der Waals surface area contributed by atoms with Crippen molar-refractivity contribution in [3.05, 3.63) is 35.4 Å². The van der Waals surface area contributed by atoms with Crippen LogP contribution >= 0.6 is 0 Å². The molecule has 3 heteroatoms. The molecule has 1 saturated heterocycles. The Morgan fingerprint density at radius 2 is 1.94 bits per heavy atom. The zero-order valence-electron chi connectivity index (χ0n) is 10.9. The molecule has 3 rings (SSSR count). The second kappa shape index (κ2) is 4.09. The van der Waals surface area contributed by atoms with Crippen molar-refractivity contribution in [3.63, 3.8) is 0 Å². The van der Waals surface area contributed by atoms with E-state index >= 15 is 0 Å². The van der Waals surface area contributed by atoms with Gasteiger partial charge in [-0.15, -0.1) is 0 Å². The van der Waals surface area contributed by atoms with Crippen LogP contribution in [0.1, 0.15) is 24.0 Å². The lowest BCUT2D eigenvalue weighted by atomic mass is 9.85. The molecular weight excluding hydrogens is 224 g/mol. The van der Waals surface area contributed by atoms with Gasteiger partial charge in [-0.25, -0.2) is 0 Å². The molecule has 0 atom stereocenters. The first-order valence-electron chi connectivity index (χ1n) is 6.69. The summed E-state index contributed by atoms with van der Waals surface area (Å²) in [5, 5.41) is 0. The third-order valence-corrected chi connectivity index (χ3v) is 4.19. The maximum Gasteiger partial charge on any atom is 0.227 e. The van der Waals surface area contributed by atoms with E-state index in [4.69, 9.17) is 5.73 Å². The average molecular weight is 244 g/mol. The molecule has 0 aromatic heterocycles. The number of likely N-dealkylation sites (tertiary alicyclic amines) is 1. The Morgan fingerprint density at radius 3 is 2.50 bits per heavy atom. The van der Waals surface area contributed by atoms with Gasteiger partial charge in [0.05, 0.1) is 12.0 Å². The quantitative estimate of drug-likeness (QED) is 0.875. The lowest BCUT2D eigenvalue weighted by Crippen LogP contribution is -2.70. The topological polar surface area (TPSA) is 46.3 Å². The van der Waals surface area contributed by atoms with Crippen molar-refractivity contribution in [1.82, 2.24) is 4.90 Å². The van der Waals surface area contributed by atoms with E-state index in [1.165, 1.54) is 18.4 Å². The summed E-state index contributed by atoms with van der Waals surface area (Å²) in [7, 11) is 0. The largest absolute Gasteiger partial charge is 0.339 e. The molecule has 0 radical (unpaired) electrons. The molecule has 2 aliphatic rings.